The molecule has 4 heteroatoms. The minimum absolute atomic E-state index is 0.249. The molecule has 17 heavy (non-hydrogen) atoms. The Kier molecular flexibility index (Phi) is 2.67. The highest BCUT2D eigenvalue weighted by Gasteiger charge is 2.36. The molecule has 0 radical (unpaired) electrons. The van der Waals surface area contributed by atoms with Crippen LogP contribution in [0.25, 0.3) is 0 Å². The van der Waals surface area contributed by atoms with Gasteiger partial charge in [-0.05, 0) is 30.7 Å². The van der Waals surface area contributed by atoms with Gasteiger partial charge in [0.25, 0.3) is 0 Å². The van der Waals surface area contributed by atoms with Gasteiger partial charge in [0.2, 0.25) is 0 Å². The van der Waals surface area contributed by atoms with Gasteiger partial charge in [0.15, 0.2) is 0 Å². The Morgan fingerprint density at radius 2 is 2.12 bits per heavy atom. The molecule has 2 fully saturated rings. The molecule has 1 N–H and O–H groups in total. The van der Waals surface area contributed by atoms with Crippen molar-refractivity contribution in [2.45, 2.75) is 25.8 Å². The van der Waals surface area contributed by atoms with Gasteiger partial charge >= 0.3 is 5.97 Å². The lowest BCUT2D eigenvalue weighted by Crippen LogP contribution is -2.20. The van der Waals surface area contributed by atoms with E-state index in [4.69, 9.17) is 9.52 Å². The van der Waals surface area contributed by atoms with E-state index in [9.17, 15) is 4.79 Å². The van der Waals surface area contributed by atoms with E-state index in [1.54, 1.807) is 6.07 Å². The Labute approximate surface area is 100 Å². The van der Waals surface area contributed by atoms with Crippen LogP contribution in [0.4, 0.5) is 0 Å². The molecular weight excluding hydrogens is 218 g/mol. The molecule has 2 heterocycles. The Morgan fingerprint density at radius 1 is 1.41 bits per heavy atom. The molecule has 0 spiro atoms. The lowest BCUT2D eigenvalue weighted by atomic mass is 10.0. The zero-order valence-electron chi connectivity index (χ0n) is 9.76. The molecule has 0 bridgehead atoms. The van der Waals surface area contributed by atoms with Crippen molar-refractivity contribution in [3.63, 3.8) is 0 Å². The quantitative estimate of drug-likeness (QED) is 0.872. The number of carboxylic acids is 1. The highest BCUT2D eigenvalue weighted by Crippen LogP contribution is 2.38. The summed E-state index contributed by atoms with van der Waals surface area (Å²) in [5.41, 5.74) is 0.249. The molecule has 1 saturated carbocycles. The Morgan fingerprint density at radius 3 is 2.71 bits per heavy atom. The SMILES string of the molecule is O=C(O)c1coc(CN2CC3CCCC3C2)c1. The third kappa shape index (κ3) is 2.09. The van der Waals surface area contributed by atoms with Gasteiger partial charge < -0.3 is 9.52 Å². The maximum atomic E-state index is 10.7. The lowest BCUT2D eigenvalue weighted by molar-refractivity contribution is 0.0696. The van der Waals surface area contributed by atoms with E-state index in [1.807, 2.05) is 0 Å². The van der Waals surface area contributed by atoms with Gasteiger partial charge in [0, 0.05) is 13.1 Å². The Balaban J connectivity index is 1.61. The second-order valence-electron chi connectivity index (χ2n) is 5.25. The molecule has 92 valence electrons. The van der Waals surface area contributed by atoms with Crippen LogP contribution in [0.15, 0.2) is 16.7 Å². The number of furan rings is 1. The number of aromatic carboxylic acids is 1. The molecular formula is C13H17NO3. The van der Waals surface area contributed by atoms with Gasteiger partial charge in [0.05, 0.1) is 12.1 Å². The average molecular weight is 235 g/mol. The van der Waals surface area contributed by atoms with E-state index in [-0.39, 0.29) is 5.56 Å². The number of hydrogen-bond acceptors (Lipinski definition) is 3. The monoisotopic (exact) mass is 235 g/mol. The molecule has 3 rings (SSSR count). The van der Waals surface area contributed by atoms with Crippen molar-refractivity contribution in [1.82, 2.24) is 4.90 Å². The van der Waals surface area contributed by atoms with Crippen LogP contribution in [0.1, 0.15) is 35.4 Å². The molecule has 1 aliphatic carbocycles. The summed E-state index contributed by atoms with van der Waals surface area (Å²) in [6.07, 6.45) is 5.43. The zero-order valence-corrected chi connectivity index (χ0v) is 9.76. The van der Waals surface area contributed by atoms with E-state index >= 15 is 0 Å². The first kappa shape index (κ1) is 10.8. The molecule has 1 aliphatic heterocycles. The van der Waals surface area contributed by atoms with E-state index in [0.717, 1.165) is 37.2 Å². The maximum absolute atomic E-state index is 10.7. The second-order valence-corrected chi connectivity index (χ2v) is 5.25. The van der Waals surface area contributed by atoms with Crippen molar-refractivity contribution in [1.29, 1.82) is 0 Å². The third-order valence-electron chi connectivity index (χ3n) is 4.08. The van der Waals surface area contributed by atoms with Crippen LogP contribution in [-0.2, 0) is 6.54 Å². The number of fused-ring (bicyclic) bond motifs is 1. The Hall–Kier alpha value is -1.29. The first-order valence-corrected chi connectivity index (χ1v) is 6.25. The number of carboxylic acid groups (broad SMARTS) is 1. The van der Waals surface area contributed by atoms with Crippen LogP contribution in [-0.4, -0.2) is 29.1 Å². The topological polar surface area (TPSA) is 53.7 Å². The molecule has 2 unspecified atom stereocenters. The standard InChI is InChI=1S/C13H17NO3/c15-13(16)11-4-12(17-8-11)7-14-5-9-2-1-3-10(9)6-14/h4,8-10H,1-3,5-7H2,(H,15,16). The number of likely N-dealkylation sites (tertiary alicyclic amines) is 1. The number of hydrogen-bond donors (Lipinski definition) is 1. The summed E-state index contributed by atoms with van der Waals surface area (Å²) >= 11 is 0. The van der Waals surface area contributed by atoms with E-state index in [0.29, 0.717) is 0 Å². The number of nitrogens with zero attached hydrogens (tertiary/aromatic N) is 1. The summed E-state index contributed by atoms with van der Waals surface area (Å²) in [5.74, 6) is 1.58. The minimum Gasteiger partial charge on any atom is -0.478 e. The fraction of sp³-hybridized carbons (Fsp3) is 0.615. The molecule has 1 saturated heterocycles. The molecule has 1 aromatic heterocycles. The molecule has 2 aliphatic rings. The van der Waals surface area contributed by atoms with Crippen molar-refractivity contribution < 1.29 is 14.3 Å². The van der Waals surface area contributed by atoms with Crippen LogP contribution in [0, 0.1) is 11.8 Å². The van der Waals surface area contributed by atoms with E-state index < -0.39 is 5.97 Å². The van der Waals surface area contributed by atoms with Crippen LogP contribution >= 0.6 is 0 Å². The summed E-state index contributed by atoms with van der Waals surface area (Å²) in [5, 5.41) is 8.82. The summed E-state index contributed by atoms with van der Waals surface area (Å²) in [7, 11) is 0. The first-order chi connectivity index (χ1) is 8.22. The summed E-state index contributed by atoms with van der Waals surface area (Å²) in [6.45, 7) is 3.04. The maximum Gasteiger partial charge on any atom is 0.338 e. The van der Waals surface area contributed by atoms with Crippen molar-refractivity contribution in [3.8, 4) is 0 Å². The van der Waals surface area contributed by atoms with Gasteiger partial charge in [-0.25, -0.2) is 4.79 Å². The van der Waals surface area contributed by atoms with Gasteiger partial charge in [-0.1, -0.05) is 6.42 Å². The summed E-state index contributed by atoms with van der Waals surface area (Å²) < 4.78 is 5.29. The van der Waals surface area contributed by atoms with Crippen molar-refractivity contribution in [2.75, 3.05) is 13.1 Å². The van der Waals surface area contributed by atoms with E-state index in [1.165, 1.54) is 25.5 Å². The van der Waals surface area contributed by atoms with Crippen LogP contribution < -0.4 is 0 Å². The summed E-state index contributed by atoms with van der Waals surface area (Å²) in [4.78, 5) is 13.1. The summed E-state index contributed by atoms with van der Waals surface area (Å²) in [6, 6.07) is 1.64. The van der Waals surface area contributed by atoms with E-state index in [2.05, 4.69) is 4.90 Å². The van der Waals surface area contributed by atoms with Crippen molar-refractivity contribution >= 4 is 5.97 Å². The van der Waals surface area contributed by atoms with Crippen LogP contribution in [0.2, 0.25) is 0 Å². The fourth-order valence-corrected chi connectivity index (χ4v) is 3.26. The molecule has 1 aromatic rings. The lowest BCUT2D eigenvalue weighted by Gasteiger charge is -2.14. The molecule has 4 nitrogen and oxygen atoms in total. The Bertz CT molecular complexity index is 414. The third-order valence-corrected chi connectivity index (χ3v) is 4.08. The average Bonchev–Trinajstić information content (AvgIpc) is 2.91. The predicted octanol–water partition coefficient (Wildman–Crippen LogP) is 2.21. The van der Waals surface area contributed by atoms with Crippen LogP contribution in [0.5, 0.6) is 0 Å². The highest BCUT2D eigenvalue weighted by atomic mass is 16.4. The smallest absolute Gasteiger partial charge is 0.338 e. The zero-order chi connectivity index (χ0) is 11.8. The predicted molar refractivity (Wildman–Crippen MR) is 61.8 cm³/mol. The highest BCUT2D eigenvalue weighted by molar-refractivity contribution is 5.87. The number of rotatable bonds is 3. The van der Waals surface area contributed by atoms with Crippen LogP contribution in [0.3, 0.4) is 0 Å². The fourth-order valence-electron chi connectivity index (χ4n) is 3.26. The molecule has 2 atom stereocenters. The second kappa shape index (κ2) is 4.18. The number of carbonyl (C=O) groups is 1. The molecule has 0 aromatic carbocycles. The molecule has 0 amide bonds. The normalized spacial score (nSPS) is 28.5. The van der Waals surface area contributed by atoms with Gasteiger partial charge in [0.1, 0.15) is 12.0 Å². The van der Waals surface area contributed by atoms with Gasteiger partial charge in [-0.15, -0.1) is 0 Å². The van der Waals surface area contributed by atoms with Gasteiger partial charge in [-0.3, -0.25) is 4.90 Å². The minimum atomic E-state index is -0.918. The van der Waals surface area contributed by atoms with Gasteiger partial charge in [-0.2, -0.15) is 0 Å². The first-order valence-electron chi connectivity index (χ1n) is 6.25. The van der Waals surface area contributed by atoms with Crippen molar-refractivity contribution in [3.05, 3.63) is 23.7 Å². The van der Waals surface area contributed by atoms with Crippen molar-refractivity contribution in [2.24, 2.45) is 11.8 Å². The largest absolute Gasteiger partial charge is 0.478 e.